The molecule has 2 bridgehead atoms. The molecule has 0 radical (unpaired) electrons. The second-order valence-electron chi connectivity index (χ2n) is 10.9. The normalized spacial score (nSPS) is 21.0. The number of amides is 3. The van der Waals surface area contributed by atoms with Crippen molar-refractivity contribution < 1.29 is 28.6 Å². The van der Waals surface area contributed by atoms with Crippen LogP contribution in [0.3, 0.4) is 0 Å². The number of benzene rings is 3. The van der Waals surface area contributed by atoms with Crippen molar-refractivity contribution >= 4 is 33.8 Å². The highest BCUT2D eigenvalue weighted by molar-refractivity contribution is 9.10. The lowest BCUT2D eigenvalue weighted by atomic mass is 10.1. The second-order valence-corrected chi connectivity index (χ2v) is 11.8. The predicted molar refractivity (Wildman–Crippen MR) is 165 cm³/mol. The van der Waals surface area contributed by atoms with E-state index in [1.807, 2.05) is 54.6 Å². The monoisotopic (exact) mass is 649 g/mol. The summed E-state index contributed by atoms with van der Waals surface area (Å²) in [5.74, 6) is 0.200. The molecule has 1 saturated heterocycles. The summed E-state index contributed by atoms with van der Waals surface area (Å²) >= 11 is 3.46. The zero-order valence-corrected chi connectivity index (χ0v) is 25.7. The van der Waals surface area contributed by atoms with Gasteiger partial charge in [0.1, 0.15) is 25.0 Å². The molecule has 3 aromatic carbocycles. The van der Waals surface area contributed by atoms with Gasteiger partial charge in [-0.15, -0.1) is 0 Å². The molecule has 5 rings (SSSR count). The predicted octanol–water partition coefficient (Wildman–Crippen LogP) is 5.18. The molecule has 0 spiro atoms. The highest BCUT2D eigenvalue weighted by Gasteiger charge is 2.39. The van der Waals surface area contributed by atoms with Gasteiger partial charge in [0.15, 0.2) is 0 Å². The van der Waals surface area contributed by atoms with Crippen molar-refractivity contribution in [3.05, 3.63) is 100 Å². The lowest BCUT2D eigenvalue weighted by Gasteiger charge is -2.30. The molecular weight excluding hydrogens is 614 g/mol. The Balaban J connectivity index is 1.33. The standard InChI is InChI=1S/C33H36BrN3O6/c1-36-16-6-11-30(35-33(40)43-21-23-7-3-2-4-8-23)32(39)37-19-29(41-20-24-12-14-26(34)15-13-24)18-27(37)22-42-28-10-5-9-25(17-28)31(36)38/h2-5,7-10,12-15,17,27,29-30H,6,11,16,18-22H2,1H3,(H,35,40)/t27-,29-,30-/m0/s1. The minimum Gasteiger partial charge on any atom is -0.491 e. The Hall–Kier alpha value is -3.89. The number of alkyl carbamates (subject to hydrolysis) is 1. The molecule has 9 nitrogen and oxygen atoms in total. The summed E-state index contributed by atoms with van der Waals surface area (Å²) in [5, 5.41) is 2.80. The summed E-state index contributed by atoms with van der Waals surface area (Å²) in [7, 11) is 1.73. The summed E-state index contributed by atoms with van der Waals surface area (Å²) in [5.41, 5.74) is 2.41. The summed E-state index contributed by atoms with van der Waals surface area (Å²) in [6.07, 6.45) is 0.551. The molecule has 1 N–H and O–H groups in total. The van der Waals surface area contributed by atoms with Crippen LogP contribution < -0.4 is 10.1 Å². The number of hydrogen-bond donors (Lipinski definition) is 1. The number of fused-ring (bicyclic) bond motifs is 3. The number of carbonyl (C=O) groups excluding carboxylic acids is 3. The van der Waals surface area contributed by atoms with E-state index in [0.29, 0.717) is 50.3 Å². The SMILES string of the molecule is CN1CCC[C@H](NC(=O)OCc2ccccc2)C(=O)N2C[C@@H](OCc3ccc(Br)cc3)C[C@H]2COc2cccc(c2)C1=O. The number of nitrogens with zero attached hydrogens (tertiary/aromatic N) is 2. The largest absolute Gasteiger partial charge is 0.491 e. The third-order valence-electron chi connectivity index (χ3n) is 7.72. The topological polar surface area (TPSA) is 97.4 Å². The molecule has 1 fully saturated rings. The molecule has 43 heavy (non-hydrogen) atoms. The van der Waals surface area contributed by atoms with Crippen LogP contribution in [0.2, 0.25) is 0 Å². The first-order valence-electron chi connectivity index (χ1n) is 14.5. The zero-order chi connectivity index (χ0) is 30.2. The molecule has 0 aliphatic carbocycles. The van der Waals surface area contributed by atoms with E-state index in [1.54, 1.807) is 41.1 Å². The maximum Gasteiger partial charge on any atom is 0.408 e. The molecule has 2 aliphatic rings. The van der Waals surface area contributed by atoms with E-state index < -0.39 is 12.1 Å². The van der Waals surface area contributed by atoms with Gasteiger partial charge in [0.2, 0.25) is 5.91 Å². The molecule has 2 heterocycles. The van der Waals surface area contributed by atoms with E-state index >= 15 is 0 Å². The fraction of sp³-hybridized carbons (Fsp3) is 0.364. The molecule has 3 atom stereocenters. The first-order valence-corrected chi connectivity index (χ1v) is 15.3. The third-order valence-corrected chi connectivity index (χ3v) is 8.25. The lowest BCUT2D eigenvalue weighted by molar-refractivity contribution is -0.135. The molecule has 0 unspecified atom stereocenters. The minimum absolute atomic E-state index is 0.0920. The van der Waals surface area contributed by atoms with E-state index in [0.717, 1.165) is 15.6 Å². The van der Waals surface area contributed by atoms with Gasteiger partial charge in [-0.05, 0) is 60.7 Å². The van der Waals surface area contributed by atoms with Gasteiger partial charge in [-0.25, -0.2) is 4.79 Å². The molecule has 0 aromatic heterocycles. The average molecular weight is 651 g/mol. The molecular formula is C33H36BrN3O6. The van der Waals surface area contributed by atoms with Crippen molar-refractivity contribution in [2.45, 2.75) is 50.7 Å². The fourth-order valence-corrected chi connectivity index (χ4v) is 5.61. The van der Waals surface area contributed by atoms with Crippen molar-refractivity contribution in [3.63, 3.8) is 0 Å². The molecule has 0 saturated carbocycles. The molecule has 226 valence electrons. The van der Waals surface area contributed by atoms with Crippen molar-refractivity contribution in [1.29, 1.82) is 0 Å². The van der Waals surface area contributed by atoms with Crippen LogP contribution in [0.15, 0.2) is 83.3 Å². The Labute approximate surface area is 260 Å². The quantitative estimate of drug-likeness (QED) is 0.396. The number of ether oxygens (including phenoxy) is 3. The Morgan fingerprint density at radius 1 is 1.00 bits per heavy atom. The van der Waals surface area contributed by atoms with E-state index in [2.05, 4.69) is 21.2 Å². The minimum atomic E-state index is -0.833. The van der Waals surface area contributed by atoms with Crippen LogP contribution >= 0.6 is 15.9 Å². The van der Waals surface area contributed by atoms with Crippen molar-refractivity contribution in [1.82, 2.24) is 15.1 Å². The van der Waals surface area contributed by atoms with Gasteiger partial charge in [0, 0.05) is 30.2 Å². The summed E-state index contributed by atoms with van der Waals surface area (Å²) in [4.78, 5) is 43.3. The fourth-order valence-electron chi connectivity index (χ4n) is 5.35. The zero-order valence-electron chi connectivity index (χ0n) is 24.1. The highest BCUT2D eigenvalue weighted by Crippen LogP contribution is 2.26. The number of halogens is 1. The van der Waals surface area contributed by atoms with E-state index in [1.165, 1.54) is 0 Å². The van der Waals surface area contributed by atoms with Gasteiger partial charge >= 0.3 is 6.09 Å². The number of carbonyl (C=O) groups is 3. The smallest absolute Gasteiger partial charge is 0.408 e. The lowest BCUT2D eigenvalue weighted by Crippen LogP contribution is -2.51. The number of rotatable bonds is 6. The van der Waals surface area contributed by atoms with Gasteiger partial charge in [0.05, 0.1) is 18.8 Å². The van der Waals surface area contributed by atoms with Gasteiger partial charge in [0.25, 0.3) is 5.91 Å². The van der Waals surface area contributed by atoms with Crippen LogP contribution in [0.25, 0.3) is 0 Å². The van der Waals surface area contributed by atoms with Gasteiger partial charge in [-0.1, -0.05) is 64.5 Å². The van der Waals surface area contributed by atoms with E-state index in [4.69, 9.17) is 14.2 Å². The van der Waals surface area contributed by atoms with E-state index in [-0.39, 0.29) is 37.2 Å². The Bertz CT molecular complexity index is 1400. The molecule has 10 heteroatoms. The van der Waals surface area contributed by atoms with Crippen molar-refractivity contribution in [2.75, 3.05) is 26.7 Å². The van der Waals surface area contributed by atoms with Crippen LogP contribution in [0.5, 0.6) is 5.75 Å². The third kappa shape index (κ3) is 8.36. The summed E-state index contributed by atoms with van der Waals surface area (Å²) < 4.78 is 18.8. The van der Waals surface area contributed by atoms with Gasteiger partial charge < -0.3 is 29.3 Å². The first-order chi connectivity index (χ1) is 20.9. The van der Waals surface area contributed by atoms with Crippen LogP contribution in [0.1, 0.15) is 40.7 Å². The van der Waals surface area contributed by atoms with Crippen LogP contribution in [-0.4, -0.2) is 72.6 Å². The average Bonchev–Trinajstić information content (AvgIpc) is 3.44. The Kier molecular flexibility index (Phi) is 10.3. The van der Waals surface area contributed by atoms with Crippen LogP contribution in [0.4, 0.5) is 4.79 Å². The van der Waals surface area contributed by atoms with Crippen LogP contribution in [0, 0.1) is 0 Å². The highest BCUT2D eigenvalue weighted by atomic mass is 79.9. The number of hydrogen-bond acceptors (Lipinski definition) is 6. The van der Waals surface area contributed by atoms with Crippen molar-refractivity contribution in [3.8, 4) is 5.75 Å². The van der Waals surface area contributed by atoms with Crippen LogP contribution in [-0.2, 0) is 27.5 Å². The number of nitrogens with one attached hydrogen (secondary N) is 1. The second kappa shape index (κ2) is 14.5. The van der Waals surface area contributed by atoms with E-state index in [9.17, 15) is 14.4 Å². The molecule has 2 aliphatic heterocycles. The Morgan fingerprint density at radius 3 is 2.56 bits per heavy atom. The molecule has 3 amide bonds. The molecule has 3 aromatic rings. The Morgan fingerprint density at radius 2 is 1.77 bits per heavy atom. The van der Waals surface area contributed by atoms with Gasteiger partial charge in [-0.2, -0.15) is 0 Å². The maximum atomic E-state index is 14.0. The van der Waals surface area contributed by atoms with Gasteiger partial charge in [-0.3, -0.25) is 9.59 Å². The maximum absolute atomic E-state index is 14.0. The summed E-state index contributed by atoms with van der Waals surface area (Å²) in [6.45, 7) is 1.52. The van der Waals surface area contributed by atoms with Crippen molar-refractivity contribution in [2.24, 2.45) is 0 Å². The first kappa shape index (κ1) is 30.6. The summed E-state index contributed by atoms with van der Waals surface area (Å²) in [6, 6.07) is 23.3.